The van der Waals surface area contributed by atoms with Crippen LogP contribution in [0.25, 0.3) is 17.2 Å². The molecule has 0 N–H and O–H groups in total. The molecule has 1 heterocycles. The Morgan fingerprint density at radius 2 is 1.59 bits per heavy atom. The van der Waals surface area contributed by atoms with E-state index in [9.17, 15) is 14.4 Å². The number of imide groups is 1. The van der Waals surface area contributed by atoms with Gasteiger partial charge in [-0.25, -0.2) is 0 Å². The first-order chi connectivity index (χ1) is 16.5. The van der Waals surface area contributed by atoms with E-state index in [0.717, 1.165) is 41.3 Å². The smallest absolute Gasteiger partial charge is 0.293 e. The molecule has 3 aromatic carbocycles. The molecular weight excluding hydrogens is 446 g/mol. The van der Waals surface area contributed by atoms with Gasteiger partial charge >= 0.3 is 0 Å². The lowest BCUT2D eigenvalue weighted by Crippen LogP contribution is -2.29. The van der Waals surface area contributed by atoms with E-state index < -0.39 is 0 Å². The molecule has 34 heavy (non-hydrogen) atoms. The third-order valence-corrected chi connectivity index (χ3v) is 6.38. The summed E-state index contributed by atoms with van der Waals surface area (Å²) in [5.74, 6) is 0.208. The van der Waals surface area contributed by atoms with E-state index in [4.69, 9.17) is 4.74 Å². The molecule has 1 aliphatic heterocycles. The molecule has 1 saturated heterocycles. The van der Waals surface area contributed by atoms with Gasteiger partial charge in [0.2, 0.25) is 0 Å². The molecule has 1 fully saturated rings. The number of carbonyl (C=O) groups excluding carboxylic acids is 3. The van der Waals surface area contributed by atoms with Gasteiger partial charge in [0.05, 0.1) is 4.91 Å². The van der Waals surface area contributed by atoms with Crippen LogP contribution < -0.4 is 4.74 Å². The lowest BCUT2D eigenvalue weighted by Gasteiger charge is -2.10. The summed E-state index contributed by atoms with van der Waals surface area (Å²) in [6.45, 7) is 2.41. The second-order valence-electron chi connectivity index (χ2n) is 7.91. The van der Waals surface area contributed by atoms with Crippen molar-refractivity contribution in [2.24, 2.45) is 0 Å². The van der Waals surface area contributed by atoms with E-state index in [0.29, 0.717) is 22.8 Å². The first kappa shape index (κ1) is 23.5. The maximum atomic E-state index is 12.5. The number of unbranched alkanes of at least 4 members (excludes halogenated alkanes) is 1. The topological polar surface area (TPSA) is 63.7 Å². The van der Waals surface area contributed by atoms with E-state index in [1.807, 2.05) is 61.5 Å². The van der Waals surface area contributed by atoms with Crippen molar-refractivity contribution >= 4 is 34.8 Å². The molecule has 5 nitrogen and oxygen atoms in total. The monoisotopic (exact) mass is 471 g/mol. The van der Waals surface area contributed by atoms with Crippen molar-refractivity contribution in [2.45, 2.75) is 19.8 Å². The fraction of sp³-hybridized carbons (Fsp3) is 0.179. The highest BCUT2D eigenvalue weighted by Gasteiger charge is 2.34. The van der Waals surface area contributed by atoms with E-state index in [1.54, 1.807) is 30.3 Å². The van der Waals surface area contributed by atoms with Crippen LogP contribution in [0.5, 0.6) is 5.75 Å². The molecule has 172 valence electrons. The van der Waals surface area contributed by atoms with Crippen LogP contribution in [0.15, 0.2) is 83.8 Å². The SMILES string of the molecule is CCCCN1C(=O)S/C(=C\c2ccc(OCC(=O)c3ccc(-c4ccccc4)cc3)cc2)C1=O. The fourth-order valence-electron chi connectivity index (χ4n) is 3.53. The molecule has 3 aromatic rings. The van der Waals surface area contributed by atoms with Crippen LogP contribution in [0.1, 0.15) is 35.7 Å². The van der Waals surface area contributed by atoms with Gasteiger partial charge < -0.3 is 4.74 Å². The van der Waals surface area contributed by atoms with Gasteiger partial charge in [0.15, 0.2) is 12.4 Å². The molecule has 0 spiro atoms. The first-order valence-electron chi connectivity index (χ1n) is 11.2. The summed E-state index contributed by atoms with van der Waals surface area (Å²) in [6, 6.07) is 24.6. The largest absolute Gasteiger partial charge is 0.485 e. The number of hydrogen-bond acceptors (Lipinski definition) is 5. The standard InChI is InChI=1S/C28H25NO4S/c1-2-3-17-29-27(31)26(34-28(29)32)18-20-9-15-24(16-10-20)33-19-25(30)23-13-11-22(12-14-23)21-7-5-4-6-8-21/h4-16,18H,2-3,17,19H2,1H3/b26-18-. The van der Waals surface area contributed by atoms with E-state index >= 15 is 0 Å². The minimum absolute atomic E-state index is 0.0691. The number of ketones is 1. The average molecular weight is 472 g/mol. The average Bonchev–Trinajstić information content (AvgIpc) is 3.14. The third-order valence-electron chi connectivity index (χ3n) is 5.47. The van der Waals surface area contributed by atoms with Crippen LogP contribution in [0.2, 0.25) is 0 Å². The zero-order valence-corrected chi connectivity index (χ0v) is 19.7. The van der Waals surface area contributed by atoms with Gasteiger partial charge in [0.25, 0.3) is 11.1 Å². The first-order valence-corrected chi connectivity index (χ1v) is 12.0. The van der Waals surface area contributed by atoms with Crippen LogP contribution in [-0.2, 0) is 4.79 Å². The lowest BCUT2D eigenvalue weighted by atomic mass is 10.0. The molecule has 1 aliphatic rings. The Balaban J connectivity index is 1.33. The Morgan fingerprint density at radius 3 is 2.26 bits per heavy atom. The highest BCUT2D eigenvalue weighted by Crippen LogP contribution is 2.32. The third kappa shape index (κ3) is 5.64. The van der Waals surface area contributed by atoms with Gasteiger partial charge in [-0.3, -0.25) is 19.3 Å². The summed E-state index contributed by atoms with van der Waals surface area (Å²) >= 11 is 0.965. The van der Waals surface area contributed by atoms with Crippen LogP contribution in [0.3, 0.4) is 0 Å². The van der Waals surface area contributed by atoms with Crippen molar-refractivity contribution in [1.29, 1.82) is 0 Å². The van der Waals surface area contributed by atoms with Crippen molar-refractivity contribution in [3.8, 4) is 16.9 Å². The maximum Gasteiger partial charge on any atom is 0.293 e. The molecule has 0 radical (unpaired) electrons. The number of nitrogens with zero attached hydrogens (tertiary/aromatic N) is 1. The summed E-state index contributed by atoms with van der Waals surface area (Å²) in [6.07, 6.45) is 3.43. The number of carbonyl (C=O) groups is 3. The van der Waals surface area contributed by atoms with Gasteiger partial charge in [-0.2, -0.15) is 0 Å². The van der Waals surface area contributed by atoms with Crippen molar-refractivity contribution in [3.05, 3.63) is 94.9 Å². The molecule has 2 amide bonds. The second kappa shape index (κ2) is 11.0. The van der Waals surface area contributed by atoms with Crippen molar-refractivity contribution in [2.75, 3.05) is 13.2 Å². The van der Waals surface area contributed by atoms with Crippen molar-refractivity contribution in [1.82, 2.24) is 4.90 Å². The van der Waals surface area contributed by atoms with Crippen LogP contribution in [0, 0.1) is 0 Å². The minimum atomic E-state index is -0.243. The minimum Gasteiger partial charge on any atom is -0.485 e. The summed E-state index contributed by atoms with van der Waals surface area (Å²) < 4.78 is 5.66. The zero-order chi connectivity index (χ0) is 23.9. The maximum absolute atomic E-state index is 12.5. The number of ether oxygens (including phenoxy) is 1. The van der Waals surface area contributed by atoms with E-state index in [2.05, 4.69) is 0 Å². The number of hydrogen-bond donors (Lipinski definition) is 0. The molecule has 0 aliphatic carbocycles. The highest BCUT2D eigenvalue weighted by molar-refractivity contribution is 8.18. The van der Waals surface area contributed by atoms with Gasteiger partial charge in [0, 0.05) is 12.1 Å². The fourth-order valence-corrected chi connectivity index (χ4v) is 4.40. The summed E-state index contributed by atoms with van der Waals surface area (Å²) in [5, 5.41) is -0.222. The molecule has 4 rings (SSSR count). The number of amides is 2. The van der Waals surface area contributed by atoms with Gasteiger partial charge in [0.1, 0.15) is 5.75 Å². The van der Waals surface area contributed by atoms with Crippen LogP contribution >= 0.6 is 11.8 Å². The normalized spacial score (nSPS) is 14.6. The van der Waals surface area contributed by atoms with E-state index in [-0.39, 0.29) is 23.5 Å². The summed E-state index contributed by atoms with van der Waals surface area (Å²) in [7, 11) is 0. The zero-order valence-electron chi connectivity index (χ0n) is 18.9. The Bertz CT molecular complexity index is 1200. The van der Waals surface area contributed by atoms with Crippen molar-refractivity contribution < 1.29 is 19.1 Å². The molecule has 0 atom stereocenters. The van der Waals surface area contributed by atoms with Gasteiger partial charge in [-0.15, -0.1) is 0 Å². The number of benzene rings is 3. The number of thioether (sulfide) groups is 1. The molecule has 6 heteroatoms. The highest BCUT2D eigenvalue weighted by atomic mass is 32.2. The van der Waals surface area contributed by atoms with Crippen molar-refractivity contribution in [3.63, 3.8) is 0 Å². The quantitative estimate of drug-likeness (QED) is 0.265. The molecule has 0 bridgehead atoms. The summed E-state index contributed by atoms with van der Waals surface area (Å²) in [5.41, 5.74) is 3.53. The van der Waals surface area contributed by atoms with Gasteiger partial charge in [-0.1, -0.05) is 80.1 Å². The van der Waals surface area contributed by atoms with Crippen LogP contribution in [0.4, 0.5) is 4.79 Å². The Morgan fingerprint density at radius 1 is 0.912 bits per heavy atom. The molecule has 0 saturated carbocycles. The molecular formula is C28H25NO4S. The summed E-state index contributed by atoms with van der Waals surface area (Å²) in [4.78, 5) is 38.8. The predicted octanol–water partition coefficient (Wildman–Crippen LogP) is 6.45. The lowest BCUT2D eigenvalue weighted by molar-refractivity contribution is -0.122. The van der Waals surface area contributed by atoms with Crippen LogP contribution in [-0.4, -0.2) is 35.0 Å². The Labute approximate surface area is 203 Å². The predicted molar refractivity (Wildman–Crippen MR) is 136 cm³/mol. The number of Topliss-reactive ketones (excluding diaryl/α,β-unsaturated/α-hetero) is 1. The Kier molecular flexibility index (Phi) is 7.60. The molecule has 0 aromatic heterocycles. The Hall–Kier alpha value is -3.64. The van der Waals surface area contributed by atoms with E-state index in [1.165, 1.54) is 4.90 Å². The molecule has 0 unspecified atom stereocenters. The van der Waals surface area contributed by atoms with Gasteiger partial charge in [-0.05, 0) is 53.1 Å². The number of rotatable bonds is 9. The second-order valence-corrected chi connectivity index (χ2v) is 8.90.